The predicted octanol–water partition coefficient (Wildman–Crippen LogP) is -1.06. The van der Waals surface area contributed by atoms with Crippen LogP contribution in [-0.4, -0.2) is 40.6 Å². The molecule has 2 heterocycles. The summed E-state index contributed by atoms with van der Waals surface area (Å²) in [4.78, 5) is 11.4. The standard InChI is InChI=1S/C8H10O5/c1-4(10)8-6(11)2-5(3-9)12-7(8)13-8/h2,4,7,9-10H,3H2,1H3/t4?,7-,8-/m1/s1. The van der Waals surface area contributed by atoms with E-state index in [0.29, 0.717) is 0 Å². The predicted molar refractivity (Wildman–Crippen MR) is 40.5 cm³/mol. The molecular weight excluding hydrogens is 176 g/mol. The molecule has 1 fully saturated rings. The maximum Gasteiger partial charge on any atom is 0.240 e. The molecule has 3 atom stereocenters. The van der Waals surface area contributed by atoms with Crippen LogP contribution in [0.3, 0.4) is 0 Å². The van der Waals surface area contributed by atoms with Crippen LogP contribution in [-0.2, 0) is 14.3 Å². The van der Waals surface area contributed by atoms with Crippen molar-refractivity contribution >= 4 is 5.78 Å². The summed E-state index contributed by atoms with van der Waals surface area (Å²) in [7, 11) is 0. The molecule has 5 heteroatoms. The van der Waals surface area contributed by atoms with E-state index in [-0.39, 0.29) is 18.1 Å². The van der Waals surface area contributed by atoms with Crippen LogP contribution in [0.5, 0.6) is 0 Å². The second kappa shape index (κ2) is 2.54. The minimum absolute atomic E-state index is 0.184. The number of aliphatic hydroxyl groups excluding tert-OH is 2. The number of hydrogen-bond acceptors (Lipinski definition) is 5. The number of carbonyl (C=O) groups is 1. The summed E-state index contributed by atoms with van der Waals surface area (Å²) in [5, 5.41) is 18.0. The molecule has 2 aliphatic rings. The van der Waals surface area contributed by atoms with Crippen molar-refractivity contribution in [3.8, 4) is 0 Å². The first-order valence-corrected chi connectivity index (χ1v) is 3.99. The van der Waals surface area contributed by atoms with Gasteiger partial charge >= 0.3 is 0 Å². The molecule has 2 aliphatic heterocycles. The second-order valence-corrected chi connectivity index (χ2v) is 3.17. The Hall–Kier alpha value is -0.910. The first kappa shape index (κ1) is 8.68. The number of hydrogen-bond donors (Lipinski definition) is 2. The summed E-state index contributed by atoms with van der Waals surface area (Å²) in [5.41, 5.74) is -1.21. The third kappa shape index (κ3) is 1.01. The van der Waals surface area contributed by atoms with Crippen molar-refractivity contribution in [1.82, 2.24) is 0 Å². The molecule has 0 radical (unpaired) electrons. The molecule has 2 rings (SSSR count). The number of ether oxygens (including phenoxy) is 2. The second-order valence-electron chi connectivity index (χ2n) is 3.17. The van der Waals surface area contributed by atoms with Gasteiger partial charge in [-0.2, -0.15) is 0 Å². The molecule has 0 aromatic rings. The van der Waals surface area contributed by atoms with E-state index < -0.39 is 18.0 Å². The molecule has 1 unspecified atom stereocenters. The van der Waals surface area contributed by atoms with Crippen LogP contribution < -0.4 is 0 Å². The van der Waals surface area contributed by atoms with E-state index in [1.54, 1.807) is 0 Å². The average molecular weight is 186 g/mol. The number of rotatable bonds is 2. The summed E-state index contributed by atoms with van der Waals surface area (Å²) in [6, 6.07) is 0. The molecule has 0 aromatic carbocycles. The summed E-state index contributed by atoms with van der Waals surface area (Å²) in [5.74, 6) is -0.161. The number of epoxide rings is 1. The van der Waals surface area contributed by atoms with Gasteiger partial charge in [-0.1, -0.05) is 0 Å². The van der Waals surface area contributed by atoms with E-state index >= 15 is 0 Å². The maximum absolute atomic E-state index is 11.4. The van der Waals surface area contributed by atoms with E-state index in [9.17, 15) is 9.90 Å². The highest BCUT2D eigenvalue weighted by molar-refractivity contribution is 6.01. The van der Waals surface area contributed by atoms with Gasteiger partial charge in [0.05, 0.1) is 6.10 Å². The third-order valence-electron chi connectivity index (χ3n) is 2.31. The van der Waals surface area contributed by atoms with E-state index in [1.165, 1.54) is 6.92 Å². The maximum atomic E-state index is 11.4. The first-order chi connectivity index (χ1) is 6.11. The smallest absolute Gasteiger partial charge is 0.240 e. The fourth-order valence-corrected chi connectivity index (χ4v) is 1.44. The normalized spacial score (nSPS) is 38.8. The van der Waals surface area contributed by atoms with E-state index in [0.717, 1.165) is 6.08 Å². The average Bonchev–Trinajstić information content (AvgIpc) is 2.80. The Labute approximate surface area is 74.6 Å². The van der Waals surface area contributed by atoms with Crippen LogP contribution in [0.4, 0.5) is 0 Å². The van der Waals surface area contributed by atoms with Gasteiger partial charge < -0.3 is 19.7 Å². The summed E-state index contributed by atoms with van der Waals surface area (Å²) in [6.45, 7) is 1.14. The van der Waals surface area contributed by atoms with Gasteiger partial charge in [0.25, 0.3) is 0 Å². The molecule has 0 amide bonds. The van der Waals surface area contributed by atoms with Gasteiger partial charge in [0.1, 0.15) is 12.4 Å². The van der Waals surface area contributed by atoms with Gasteiger partial charge in [-0.05, 0) is 6.92 Å². The molecule has 0 bridgehead atoms. The molecule has 0 saturated carbocycles. The van der Waals surface area contributed by atoms with Gasteiger partial charge in [-0.15, -0.1) is 0 Å². The number of aliphatic hydroxyl groups is 2. The number of ketones is 1. The Bertz CT molecular complexity index is 282. The van der Waals surface area contributed by atoms with Gasteiger partial charge in [0.2, 0.25) is 11.9 Å². The lowest BCUT2D eigenvalue weighted by Crippen LogP contribution is -2.40. The van der Waals surface area contributed by atoms with Crippen LogP contribution in [0.25, 0.3) is 0 Å². The highest BCUT2D eigenvalue weighted by Gasteiger charge is 2.69. The molecule has 2 N–H and O–H groups in total. The van der Waals surface area contributed by atoms with Gasteiger partial charge in [-0.25, -0.2) is 0 Å². The summed E-state index contributed by atoms with van der Waals surface area (Å²) >= 11 is 0. The van der Waals surface area contributed by atoms with Crippen LogP contribution >= 0.6 is 0 Å². The van der Waals surface area contributed by atoms with Gasteiger partial charge in [-0.3, -0.25) is 4.79 Å². The van der Waals surface area contributed by atoms with Crippen LogP contribution in [0.1, 0.15) is 6.92 Å². The molecule has 0 spiro atoms. The van der Waals surface area contributed by atoms with Gasteiger partial charge in [0, 0.05) is 6.08 Å². The lowest BCUT2D eigenvalue weighted by Gasteiger charge is -2.17. The highest BCUT2D eigenvalue weighted by atomic mass is 16.8. The zero-order chi connectivity index (χ0) is 9.64. The first-order valence-electron chi connectivity index (χ1n) is 3.99. The quantitative estimate of drug-likeness (QED) is 0.537. The van der Waals surface area contributed by atoms with Crippen LogP contribution in [0, 0.1) is 0 Å². The Morgan fingerprint density at radius 2 is 2.46 bits per heavy atom. The van der Waals surface area contributed by atoms with Crippen molar-refractivity contribution < 1.29 is 24.5 Å². The highest BCUT2D eigenvalue weighted by Crippen LogP contribution is 2.45. The molecule has 13 heavy (non-hydrogen) atoms. The fraction of sp³-hybridized carbons (Fsp3) is 0.625. The molecule has 0 aromatic heterocycles. The summed E-state index contributed by atoms with van der Waals surface area (Å²) in [6.07, 6.45) is -0.468. The molecule has 0 aliphatic carbocycles. The molecule has 1 saturated heterocycles. The van der Waals surface area contributed by atoms with E-state index in [4.69, 9.17) is 14.6 Å². The monoisotopic (exact) mass is 186 g/mol. The van der Waals surface area contributed by atoms with Crippen molar-refractivity contribution in [2.75, 3.05) is 6.61 Å². The minimum atomic E-state index is -1.21. The van der Waals surface area contributed by atoms with Crippen molar-refractivity contribution in [2.24, 2.45) is 0 Å². The number of carbonyl (C=O) groups excluding carboxylic acids is 1. The zero-order valence-electron chi connectivity index (χ0n) is 7.06. The van der Waals surface area contributed by atoms with Crippen molar-refractivity contribution in [3.05, 3.63) is 11.8 Å². The summed E-state index contributed by atoms with van der Waals surface area (Å²) < 4.78 is 10.0. The van der Waals surface area contributed by atoms with Gasteiger partial charge in [0.15, 0.2) is 5.78 Å². The molecule has 5 nitrogen and oxygen atoms in total. The molecular formula is C8H10O5. The largest absolute Gasteiger partial charge is 0.463 e. The van der Waals surface area contributed by atoms with E-state index in [1.807, 2.05) is 0 Å². The minimum Gasteiger partial charge on any atom is -0.463 e. The van der Waals surface area contributed by atoms with Crippen molar-refractivity contribution in [3.63, 3.8) is 0 Å². The third-order valence-corrected chi connectivity index (χ3v) is 2.31. The van der Waals surface area contributed by atoms with E-state index in [2.05, 4.69) is 0 Å². The van der Waals surface area contributed by atoms with Crippen molar-refractivity contribution in [1.29, 1.82) is 0 Å². The fourth-order valence-electron chi connectivity index (χ4n) is 1.44. The topological polar surface area (TPSA) is 79.3 Å². The van der Waals surface area contributed by atoms with Crippen LogP contribution in [0.2, 0.25) is 0 Å². The lowest BCUT2D eigenvalue weighted by atomic mass is 9.96. The van der Waals surface area contributed by atoms with Crippen molar-refractivity contribution in [2.45, 2.75) is 24.9 Å². The SMILES string of the molecule is CC(O)[C@]12O[C@H]1OC(CO)=CC2=O. The van der Waals surface area contributed by atoms with Crippen LogP contribution in [0.15, 0.2) is 11.8 Å². The Morgan fingerprint density at radius 1 is 1.77 bits per heavy atom. The Kier molecular flexibility index (Phi) is 1.69. The molecule has 72 valence electrons. The Balaban J connectivity index is 2.24. The Morgan fingerprint density at radius 3 is 2.92 bits per heavy atom. The number of fused-ring (bicyclic) bond motifs is 1. The zero-order valence-corrected chi connectivity index (χ0v) is 7.06. The lowest BCUT2D eigenvalue weighted by molar-refractivity contribution is -0.124.